The first-order valence-corrected chi connectivity index (χ1v) is 11.5. The summed E-state index contributed by atoms with van der Waals surface area (Å²) < 4.78 is 0. The van der Waals surface area contributed by atoms with Gasteiger partial charge in [0, 0.05) is 0 Å². The van der Waals surface area contributed by atoms with Crippen molar-refractivity contribution in [2.24, 2.45) is 35.0 Å². The maximum atomic E-state index is 10.9. The summed E-state index contributed by atoms with van der Waals surface area (Å²) in [5, 5.41) is 31.7. The fourth-order valence-electron chi connectivity index (χ4n) is 5.21. The lowest BCUT2D eigenvalue weighted by molar-refractivity contribution is -0.0344. The average molecular weight is 385 g/mol. The molecule has 0 saturated heterocycles. The topological polar surface area (TPSA) is 60.7 Å². The van der Waals surface area contributed by atoms with Gasteiger partial charge in [0.15, 0.2) is 0 Å². The van der Waals surface area contributed by atoms with Crippen LogP contribution in [-0.2, 0) is 0 Å². The summed E-state index contributed by atoms with van der Waals surface area (Å²) in [4.78, 5) is 0. The molecule has 1 saturated carbocycles. The molecule has 0 bridgehead atoms. The Bertz CT molecular complexity index is 398. The second-order valence-corrected chi connectivity index (χ2v) is 11.1. The Morgan fingerprint density at radius 3 is 1.85 bits per heavy atom. The van der Waals surface area contributed by atoms with E-state index in [1.165, 1.54) is 12.8 Å². The first-order chi connectivity index (χ1) is 12.4. The van der Waals surface area contributed by atoms with Crippen LogP contribution in [0.25, 0.3) is 0 Å². The van der Waals surface area contributed by atoms with Gasteiger partial charge in [-0.25, -0.2) is 0 Å². The standard InChI is InChI=1S/C24H48O3/c1-16(2)8-13-21(25)23(27)19(5)15-24(6,7)14-18(4)22(26)20-11-9-17(3)10-12-20/h16-23,25-27H,8-15H2,1-7H3/t17?,18?,19?,20?,21-,22?,23?/m1/s1. The molecule has 27 heavy (non-hydrogen) atoms. The number of hydrogen-bond acceptors (Lipinski definition) is 3. The molecule has 0 amide bonds. The molecule has 0 aliphatic heterocycles. The zero-order valence-electron chi connectivity index (χ0n) is 19.1. The summed E-state index contributed by atoms with van der Waals surface area (Å²) in [5.41, 5.74) is 0.0422. The van der Waals surface area contributed by atoms with E-state index in [1.54, 1.807) is 0 Å². The van der Waals surface area contributed by atoms with E-state index >= 15 is 0 Å². The highest BCUT2D eigenvalue weighted by atomic mass is 16.3. The van der Waals surface area contributed by atoms with Gasteiger partial charge in [-0.3, -0.25) is 0 Å². The molecule has 3 nitrogen and oxygen atoms in total. The summed E-state index contributed by atoms with van der Waals surface area (Å²) in [6.45, 7) is 15.3. The molecule has 3 heteroatoms. The Hall–Kier alpha value is -0.120. The highest BCUT2D eigenvalue weighted by Gasteiger charge is 2.34. The van der Waals surface area contributed by atoms with Crippen LogP contribution in [0.2, 0.25) is 0 Å². The maximum absolute atomic E-state index is 10.9. The monoisotopic (exact) mass is 384 g/mol. The van der Waals surface area contributed by atoms with Crippen LogP contribution in [0.3, 0.4) is 0 Å². The van der Waals surface area contributed by atoms with Gasteiger partial charge in [0.25, 0.3) is 0 Å². The molecule has 0 spiro atoms. The predicted molar refractivity (Wildman–Crippen MR) is 115 cm³/mol. The van der Waals surface area contributed by atoms with Gasteiger partial charge in [-0.15, -0.1) is 0 Å². The van der Waals surface area contributed by atoms with E-state index in [-0.39, 0.29) is 23.4 Å². The van der Waals surface area contributed by atoms with E-state index in [0.29, 0.717) is 18.3 Å². The quantitative estimate of drug-likeness (QED) is 0.446. The van der Waals surface area contributed by atoms with Crippen LogP contribution in [0, 0.1) is 35.0 Å². The second kappa shape index (κ2) is 11.2. The predicted octanol–water partition coefficient (Wildman–Crippen LogP) is 5.41. The number of aliphatic hydroxyl groups is 3. The van der Waals surface area contributed by atoms with Crippen LogP contribution in [0.5, 0.6) is 0 Å². The Morgan fingerprint density at radius 2 is 1.33 bits per heavy atom. The van der Waals surface area contributed by atoms with Gasteiger partial charge in [-0.05, 0) is 73.5 Å². The smallest absolute Gasteiger partial charge is 0.0824 e. The van der Waals surface area contributed by atoms with Crippen molar-refractivity contribution in [2.45, 2.75) is 118 Å². The molecule has 1 aliphatic rings. The molecule has 1 aliphatic carbocycles. The lowest BCUT2D eigenvalue weighted by atomic mass is 9.70. The van der Waals surface area contributed by atoms with Crippen LogP contribution in [0.15, 0.2) is 0 Å². The van der Waals surface area contributed by atoms with Crippen molar-refractivity contribution in [3.05, 3.63) is 0 Å². The van der Waals surface area contributed by atoms with Gasteiger partial charge in [-0.2, -0.15) is 0 Å². The average Bonchev–Trinajstić information content (AvgIpc) is 2.57. The Morgan fingerprint density at radius 1 is 0.815 bits per heavy atom. The third-order valence-corrected chi connectivity index (χ3v) is 6.89. The van der Waals surface area contributed by atoms with Crippen LogP contribution in [0.1, 0.15) is 99.8 Å². The Labute approximate surface area is 169 Å². The van der Waals surface area contributed by atoms with E-state index in [1.807, 2.05) is 0 Å². The lowest BCUT2D eigenvalue weighted by Crippen LogP contribution is -2.37. The van der Waals surface area contributed by atoms with Crippen molar-refractivity contribution in [2.75, 3.05) is 0 Å². The number of rotatable bonds is 11. The van der Waals surface area contributed by atoms with Crippen LogP contribution < -0.4 is 0 Å². The molecule has 162 valence electrons. The number of hydrogen-bond donors (Lipinski definition) is 3. The third kappa shape index (κ3) is 8.83. The van der Waals surface area contributed by atoms with Crippen LogP contribution >= 0.6 is 0 Å². The van der Waals surface area contributed by atoms with E-state index < -0.39 is 12.2 Å². The minimum Gasteiger partial charge on any atom is -0.393 e. The number of aliphatic hydroxyl groups excluding tert-OH is 3. The van der Waals surface area contributed by atoms with Gasteiger partial charge in [-0.1, -0.05) is 61.3 Å². The van der Waals surface area contributed by atoms with Gasteiger partial charge in [0.2, 0.25) is 0 Å². The third-order valence-electron chi connectivity index (χ3n) is 6.89. The first kappa shape index (κ1) is 24.9. The molecule has 0 heterocycles. The van der Waals surface area contributed by atoms with Crippen molar-refractivity contribution < 1.29 is 15.3 Å². The van der Waals surface area contributed by atoms with Gasteiger partial charge < -0.3 is 15.3 Å². The van der Waals surface area contributed by atoms with Crippen molar-refractivity contribution >= 4 is 0 Å². The zero-order valence-corrected chi connectivity index (χ0v) is 19.1. The maximum Gasteiger partial charge on any atom is 0.0824 e. The normalized spacial score (nSPS) is 27.2. The van der Waals surface area contributed by atoms with Crippen LogP contribution in [0.4, 0.5) is 0 Å². The summed E-state index contributed by atoms with van der Waals surface area (Å²) in [6, 6.07) is 0. The van der Waals surface area contributed by atoms with Crippen molar-refractivity contribution in [1.29, 1.82) is 0 Å². The molecule has 3 N–H and O–H groups in total. The minimum atomic E-state index is -0.664. The van der Waals surface area contributed by atoms with Gasteiger partial charge in [0.05, 0.1) is 18.3 Å². The summed E-state index contributed by atoms with van der Waals surface area (Å²) in [5.74, 6) is 2.14. The van der Waals surface area contributed by atoms with E-state index in [4.69, 9.17) is 0 Å². The Kier molecular flexibility index (Phi) is 10.3. The van der Waals surface area contributed by atoms with Crippen molar-refractivity contribution in [3.8, 4) is 0 Å². The largest absolute Gasteiger partial charge is 0.393 e. The molecule has 1 fully saturated rings. The first-order valence-electron chi connectivity index (χ1n) is 11.5. The van der Waals surface area contributed by atoms with E-state index in [2.05, 4.69) is 48.5 Å². The summed E-state index contributed by atoms with van der Waals surface area (Å²) in [7, 11) is 0. The molecule has 0 radical (unpaired) electrons. The van der Waals surface area contributed by atoms with Crippen molar-refractivity contribution in [1.82, 2.24) is 0 Å². The minimum absolute atomic E-state index is 0.0422. The summed E-state index contributed by atoms with van der Waals surface area (Å²) in [6.07, 6.45) is 6.72. The summed E-state index contributed by atoms with van der Waals surface area (Å²) >= 11 is 0. The molecular weight excluding hydrogens is 336 g/mol. The van der Waals surface area contributed by atoms with Gasteiger partial charge >= 0.3 is 0 Å². The molecular formula is C24H48O3. The Balaban J connectivity index is 2.50. The molecule has 0 aromatic heterocycles. The fourth-order valence-corrected chi connectivity index (χ4v) is 5.21. The molecule has 0 aromatic rings. The van der Waals surface area contributed by atoms with Crippen molar-refractivity contribution in [3.63, 3.8) is 0 Å². The SMILES string of the molecule is CC(C)CC[C@@H](O)C(O)C(C)CC(C)(C)CC(C)C(O)C1CCC(C)CC1. The molecule has 5 atom stereocenters. The lowest BCUT2D eigenvalue weighted by Gasteiger charge is -2.38. The van der Waals surface area contributed by atoms with Crippen LogP contribution in [-0.4, -0.2) is 33.6 Å². The van der Waals surface area contributed by atoms with E-state index in [9.17, 15) is 15.3 Å². The van der Waals surface area contributed by atoms with E-state index in [0.717, 1.165) is 38.0 Å². The molecule has 4 unspecified atom stereocenters. The zero-order chi connectivity index (χ0) is 20.8. The highest BCUT2D eigenvalue weighted by molar-refractivity contribution is 4.85. The fraction of sp³-hybridized carbons (Fsp3) is 1.00. The van der Waals surface area contributed by atoms with Gasteiger partial charge in [0.1, 0.15) is 0 Å². The highest BCUT2D eigenvalue weighted by Crippen LogP contribution is 2.39. The molecule has 1 rings (SSSR count). The molecule has 0 aromatic carbocycles. The second-order valence-electron chi connectivity index (χ2n) is 11.1.